The van der Waals surface area contributed by atoms with Crippen molar-refractivity contribution < 1.29 is 24.2 Å². The van der Waals surface area contributed by atoms with Gasteiger partial charge in [-0.1, -0.05) is 0 Å². The molecule has 9 heteroatoms. The van der Waals surface area contributed by atoms with Crippen LogP contribution in [0.4, 0.5) is 4.79 Å². The Labute approximate surface area is 124 Å². The van der Waals surface area contributed by atoms with Crippen molar-refractivity contribution in [3.63, 3.8) is 0 Å². The van der Waals surface area contributed by atoms with Crippen molar-refractivity contribution in [3.8, 4) is 0 Å². The number of hydrogen-bond donors (Lipinski definition) is 4. The van der Waals surface area contributed by atoms with E-state index in [-0.39, 0.29) is 50.9 Å². The zero-order valence-electron chi connectivity index (χ0n) is 11.6. The summed E-state index contributed by atoms with van der Waals surface area (Å²) in [5.41, 5.74) is 0. The number of nitrogens with one attached hydrogen (secondary N) is 3. The smallest absolute Gasteiger partial charge is 0.407 e. The summed E-state index contributed by atoms with van der Waals surface area (Å²) in [7, 11) is 1.49. The number of amides is 2. The average Bonchev–Trinajstić information content (AvgIpc) is 2.37. The fourth-order valence-corrected chi connectivity index (χ4v) is 1.31. The minimum atomic E-state index is -1.03. The second kappa shape index (κ2) is 12.5. The maximum atomic E-state index is 11.0. The number of carboxylic acids is 1. The number of aliphatic carboxylic acids is 1. The summed E-state index contributed by atoms with van der Waals surface area (Å²) in [6, 6.07) is -0.818. The summed E-state index contributed by atoms with van der Waals surface area (Å²) in [6.07, 6.45) is -0.221. The van der Waals surface area contributed by atoms with Gasteiger partial charge in [0.05, 0.1) is 6.61 Å². The Morgan fingerprint density at radius 2 is 1.90 bits per heavy atom. The minimum absolute atomic E-state index is 0. The van der Waals surface area contributed by atoms with Gasteiger partial charge in [-0.05, 0) is 13.3 Å². The topological polar surface area (TPSA) is 117 Å². The number of hydrogen-bond acceptors (Lipinski definition) is 5. The summed E-state index contributed by atoms with van der Waals surface area (Å²) < 4.78 is 4.64. The fourth-order valence-electron chi connectivity index (χ4n) is 1.31. The highest BCUT2D eigenvalue weighted by Crippen LogP contribution is 1.97. The van der Waals surface area contributed by atoms with E-state index in [9.17, 15) is 14.4 Å². The molecule has 0 saturated carbocycles. The van der Waals surface area contributed by atoms with Gasteiger partial charge >= 0.3 is 12.1 Å². The molecule has 0 fully saturated rings. The van der Waals surface area contributed by atoms with Crippen LogP contribution in [-0.4, -0.2) is 55.9 Å². The number of ether oxygens (including phenoxy) is 1. The lowest BCUT2D eigenvalue weighted by Crippen LogP contribution is -2.42. The fraction of sp³-hybridized carbons (Fsp3) is 0.727. The predicted molar refractivity (Wildman–Crippen MR) is 75.0 cm³/mol. The van der Waals surface area contributed by atoms with Gasteiger partial charge in [0, 0.05) is 26.6 Å². The molecule has 0 aromatic rings. The summed E-state index contributed by atoms with van der Waals surface area (Å²) >= 11 is 0. The standard InChI is InChI=1S/C11H21N3O5.ClH/c1-3-19-11(18)14-7-6-13-8(10(16)17)4-5-9(15)12-2;/h8,13H,3-7H2,1-2H3,(H,12,15)(H,14,18)(H,16,17);1H/t8-;/m0./s1. The van der Waals surface area contributed by atoms with Gasteiger partial charge in [0.15, 0.2) is 0 Å². The number of alkyl carbamates (subject to hydrolysis) is 1. The van der Waals surface area contributed by atoms with Crippen LogP contribution in [0.3, 0.4) is 0 Å². The molecule has 0 aliphatic rings. The molecular formula is C11H22ClN3O5. The van der Waals surface area contributed by atoms with Crippen LogP contribution in [0.15, 0.2) is 0 Å². The third-order valence-corrected chi connectivity index (χ3v) is 2.30. The zero-order valence-corrected chi connectivity index (χ0v) is 12.4. The van der Waals surface area contributed by atoms with Crippen molar-refractivity contribution >= 4 is 30.4 Å². The predicted octanol–water partition coefficient (Wildman–Crippen LogP) is -0.277. The van der Waals surface area contributed by atoms with Gasteiger partial charge in [0.25, 0.3) is 0 Å². The molecule has 2 amide bonds. The zero-order chi connectivity index (χ0) is 14.7. The van der Waals surface area contributed by atoms with E-state index in [1.807, 2.05) is 0 Å². The van der Waals surface area contributed by atoms with Crippen LogP contribution in [0.2, 0.25) is 0 Å². The number of halogens is 1. The highest BCUT2D eigenvalue weighted by molar-refractivity contribution is 5.85. The van der Waals surface area contributed by atoms with E-state index in [1.165, 1.54) is 7.05 Å². The monoisotopic (exact) mass is 311 g/mol. The summed E-state index contributed by atoms with van der Waals surface area (Å²) in [6.45, 7) is 2.51. The largest absolute Gasteiger partial charge is 0.480 e. The minimum Gasteiger partial charge on any atom is -0.480 e. The second-order valence-corrected chi connectivity index (χ2v) is 3.70. The van der Waals surface area contributed by atoms with Gasteiger partial charge in [0.2, 0.25) is 5.91 Å². The number of carbonyl (C=O) groups is 3. The van der Waals surface area contributed by atoms with E-state index >= 15 is 0 Å². The molecule has 0 rings (SSSR count). The van der Waals surface area contributed by atoms with Crippen LogP contribution < -0.4 is 16.0 Å². The van der Waals surface area contributed by atoms with Gasteiger partial charge in [-0.25, -0.2) is 4.79 Å². The number of rotatable bonds is 9. The molecule has 0 saturated heterocycles. The van der Waals surface area contributed by atoms with Gasteiger partial charge < -0.3 is 25.8 Å². The molecule has 0 aromatic heterocycles. The molecule has 1 atom stereocenters. The Hall–Kier alpha value is -1.54. The molecule has 0 heterocycles. The third kappa shape index (κ3) is 10.4. The summed E-state index contributed by atoms with van der Waals surface area (Å²) in [5, 5.41) is 16.6. The normalized spacial score (nSPS) is 10.9. The molecule has 0 aliphatic heterocycles. The van der Waals surface area contributed by atoms with Crippen molar-refractivity contribution in [1.29, 1.82) is 0 Å². The molecule has 0 aliphatic carbocycles. The lowest BCUT2D eigenvalue weighted by atomic mass is 10.1. The maximum Gasteiger partial charge on any atom is 0.407 e. The van der Waals surface area contributed by atoms with Crippen LogP contribution in [0.1, 0.15) is 19.8 Å². The highest BCUT2D eigenvalue weighted by Gasteiger charge is 2.17. The molecule has 118 valence electrons. The van der Waals surface area contributed by atoms with Crippen molar-refractivity contribution in [2.75, 3.05) is 26.7 Å². The van der Waals surface area contributed by atoms with E-state index in [0.717, 1.165) is 0 Å². The van der Waals surface area contributed by atoms with Crippen LogP contribution in [0.25, 0.3) is 0 Å². The molecule has 0 unspecified atom stereocenters. The Morgan fingerprint density at radius 1 is 1.25 bits per heavy atom. The number of carbonyl (C=O) groups excluding carboxylic acids is 2. The van der Waals surface area contributed by atoms with E-state index < -0.39 is 18.1 Å². The molecule has 0 spiro atoms. The maximum absolute atomic E-state index is 11.0. The molecule has 0 aromatic carbocycles. The lowest BCUT2D eigenvalue weighted by Gasteiger charge is -2.14. The van der Waals surface area contributed by atoms with E-state index in [1.54, 1.807) is 6.92 Å². The Morgan fingerprint density at radius 3 is 2.40 bits per heavy atom. The molecule has 8 nitrogen and oxygen atoms in total. The lowest BCUT2D eigenvalue weighted by molar-refractivity contribution is -0.139. The van der Waals surface area contributed by atoms with Crippen LogP contribution in [-0.2, 0) is 14.3 Å². The molecule has 0 bridgehead atoms. The molecular weight excluding hydrogens is 290 g/mol. The van der Waals surface area contributed by atoms with Gasteiger partial charge in [-0.2, -0.15) is 0 Å². The van der Waals surface area contributed by atoms with Gasteiger partial charge in [-0.15, -0.1) is 12.4 Å². The quantitative estimate of drug-likeness (QED) is 0.435. The van der Waals surface area contributed by atoms with Crippen molar-refractivity contribution in [3.05, 3.63) is 0 Å². The SMILES string of the molecule is CCOC(=O)NCCN[C@@H](CCC(=O)NC)C(=O)O.Cl. The van der Waals surface area contributed by atoms with Gasteiger partial charge in [0.1, 0.15) is 6.04 Å². The van der Waals surface area contributed by atoms with Crippen LogP contribution >= 0.6 is 12.4 Å². The first kappa shape index (κ1) is 20.8. The Balaban J connectivity index is 0. The van der Waals surface area contributed by atoms with Crippen LogP contribution in [0, 0.1) is 0 Å². The van der Waals surface area contributed by atoms with Crippen molar-refractivity contribution in [1.82, 2.24) is 16.0 Å². The van der Waals surface area contributed by atoms with Crippen molar-refractivity contribution in [2.45, 2.75) is 25.8 Å². The number of carboxylic acid groups (broad SMARTS) is 1. The summed E-state index contributed by atoms with van der Waals surface area (Å²) in [4.78, 5) is 32.9. The second-order valence-electron chi connectivity index (χ2n) is 3.70. The first-order chi connectivity index (χ1) is 9.01. The van der Waals surface area contributed by atoms with Crippen molar-refractivity contribution in [2.24, 2.45) is 0 Å². The van der Waals surface area contributed by atoms with E-state index in [0.29, 0.717) is 0 Å². The highest BCUT2D eigenvalue weighted by atomic mass is 35.5. The van der Waals surface area contributed by atoms with Crippen LogP contribution in [0.5, 0.6) is 0 Å². The first-order valence-corrected chi connectivity index (χ1v) is 6.08. The Kier molecular flexibility index (Phi) is 13.0. The van der Waals surface area contributed by atoms with E-state index in [4.69, 9.17) is 5.11 Å². The Bertz CT molecular complexity index is 314. The third-order valence-electron chi connectivity index (χ3n) is 2.30. The van der Waals surface area contributed by atoms with E-state index in [2.05, 4.69) is 20.7 Å². The molecule has 0 radical (unpaired) electrons. The molecule has 4 N–H and O–H groups in total. The average molecular weight is 312 g/mol. The summed E-state index contributed by atoms with van der Waals surface area (Å²) in [5.74, 6) is -1.24. The van der Waals surface area contributed by atoms with Gasteiger partial charge in [-0.3, -0.25) is 9.59 Å². The first-order valence-electron chi connectivity index (χ1n) is 6.08. The molecule has 20 heavy (non-hydrogen) atoms.